The molecule has 0 saturated carbocycles. The lowest BCUT2D eigenvalue weighted by molar-refractivity contribution is -0.130. The quantitative estimate of drug-likeness (QED) is 0.420. The zero-order valence-corrected chi connectivity index (χ0v) is 17.9. The Balaban J connectivity index is 1.88. The van der Waals surface area contributed by atoms with Crippen LogP contribution in [0, 0.1) is 13.8 Å². The van der Waals surface area contributed by atoms with Gasteiger partial charge < -0.3 is 9.88 Å². The molecule has 0 aliphatic carbocycles. The summed E-state index contributed by atoms with van der Waals surface area (Å²) < 4.78 is 1.95. The molecule has 0 spiro atoms. The Labute approximate surface area is 179 Å². The second kappa shape index (κ2) is 7.69. The fraction of sp³-hybridized carbons (Fsp3) is 0.286. The van der Waals surface area contributed by atoms with Crippen molar-refractivity contribution in [3.63, 3.8) is 0 Å². The summed E-state index contributed by atoms with van der Waals surface area (Å²) in [4.78, 5) is 39.4. The fourth-order valence-electron chi connectivity index (χ4n) is 3.64. The van der Waals surface area contributed by atoms with Crippen molar-refractivity contribution in [1.82, 2.24) is 14.8 Å². The minimum Gasteiger partial charge on any atom is -0.345 e. The Kier molecular flexibility index (Phi) is 5.61. The summed E-state index contributed by atoms with van der Waals surface area (Å²) >= 11 is 12.2. The topological polar surface area (TPSA) is 71.4 Å². The highest BCUT2D eigenvalue weighted by molar-refractivity contribution is 6.35. The van der Waals surface area contributed by atoms with Gasteiger partial charge in [-0.05, 0) is 39.0 Å². The Bertz CT molecular complexity index is 1040. The lowest BCUT2D eigenvalue weighted by atomic mass is 9.92. The van der Waals surface area contributed by atoms with Gasteiger partial charge in [0.15, 0.2) is 5.78 Å². The minimum atomic E-state index is -1.38. The summed E-state index contributed by atoms with van der Waals surface area (Å²) in [6.45, 7) is 9.21. The van der Waals surface area contributed by atoms with Crippen LogP contribution in [0.15, 0.2) is 36.9 Å². The maximum Gasteiger partial charge on any atom is 0.325 e. The lowest BCUT2D eigenvalue weighted by Crippen LogP contribution is -2.41. The summed E-state index contributed by atoms with van der Waals surface area (Å²) in [5.74, 6) is -0.858. The number of imide groups is 1. The van der Waals surface area contributed by atoms with Gasteiger partial charge in [-0.25, -0.2) is 4.79 Å². The van der Waals surface area contributed by atoms with Crippen LogP contribution in [0.4, 0.5) is 4.79 Å². The molecule has 0 radical (unpaired) electrons. The van der Waals surface area contributed by atoms with E-state index in [-0.39, 0.29) is 17.4 Å². The number of allylic oxidation sites excluding steroid dienone is 1. The van der Waals surface area contributed by atoms with E-state index >= 15 is 0 Å². The van der Waals surface area contributed by atoms with Crippen LogP contribution in [0.1, 0.15) is 34.2 Å². The standard InChI is InChI=1S/C21H21Cl2N3O3/c1-5-8-25-12(2)9-15(13(25)3)18(27)11-26-19(28)21(4,24-20(26)29)16-7-6-14(22)10-17(16)23/h5-7,9-10H,1,8,11H2,2-4H3,(H,24,29). The number of hydrogen-bond acceptors (Lipinski definition) is 3. The van der Waals surface area contributed by atoms with Crippen LogP contribution < -0.4 is 5.32 Å². The van der Waals surface area contributed by atoms with Crippen molar-refractivity contribution in [3.05, 3.63) is 69.5 Å². The third kappa shape index (κ3) is 3.58. The lowest BCUT2D eigenvalue weighted by Gasteiger charge is -2.23. The number of carbonyl (C=O) groups is 3. The highest BCUT2D eigenvalue weighted by Crippen LogP contribution is 2.35. The van der Waals surface area contributed by atoms with Crippen molar-refractivity contribution >= 4 is 40.9 Å². The van der Waals surface area contributed by atoms with Gasteiger partial charge in [0.05, 0.1) is 6.54 Å². The van der Waals surface area contributed by atoms with Crippen molar-refractivity contribution in [2.45, 2.75) is 32.9 Å². The smallest absolute Gasteiger partial charge is 0.325 e. The maximum absolute atomic E-state index is 13.1. The Morgan fingerprint density at radius 2 is 1.93 bits per heavy atom. The zero-order chi connectivity index (χ0) is 21.5. The number of ketones is 1. The van der Waals surface area contributed by atoms with Gasteiger partial charge in [-0.3, -0.25) is 14.5 Å². The van der Waals surface area contributed by atoms with Gasteiger partial charge >= 0.3 is 6.03 Å². The molecule has 6 nitrogen and oxygen atoms in total. The molecule has 0 bridgehead atoms. The average Bonchev–Trinajstić information content (AvgIpc) is 3.04. The fourth-order valence-corrected chi connectivity index (χ4v) is 4.24. The Hall–Kier alpha value is -2.57. The molecule has 2 aromatic rings. The highest BCUT2D eigenvalue weighted by Gasteiger charge is 2.50. The molecular formula is C21H21Cl2N3O3. The monoisotopic (exact) mass is 433 g/mol. The van der Waals surface area contributed by atoms with E-state index in [0.717, 1.165) is 16.3 Å². The molecule has 2 heterocycles. The van der Waals surface area contributed by atoms with Crippen molar-refractivity contribution in [1.29, 1.82) is 0 Å². The van der Waals surface area contributed by atoms with Crippen molar-refractivity contribution < 1.29 is 14.4 Å². The molecule has 1 N–H and O–H groups in total. The predicted molar refractivity (Wildman–Crippen MR) is 112 cm³/mol. The molecule has 3 rings (SSSR count). The number of hydrogen-bond donors (Lipinski definition) is 1. The number of benzene rings is 1. The summed E-state index contributed by atoms with van der Waals surface area (Å²) in [7, 11) is 0. The molecule has 3 amide bonds. The summed E-state index contributed by atoms with van der Waals surface area (Å²) in [5.41, 5.74) is 1.19. The van der Waals surface area contributed by atoms with Gasteiger partial charge in [0.2, 0.25) is 0 Å². The predicted octanol–water partition coefficient (Wildman–Crippen LogP) is 4.25. The summed E-state index contributed by atoms with van der Waals surface area (Å²) in [6, 6.07) is 5.81. The van der Waals surface area contributed by atoms with Crippen LogP contribution in [-0.4, -0.2) is 33.7 Å². The van der Waals surface area contributed by atoms with Crippen molar-refractivity contribution in [2.75, 3.05) is 6.54 Å². The molecule has 8 heteroatoms. The Morgan fingerprint density at radius 3 is 2.55 bits per heavy atom. The first-order valence-electron chi connectivity index (χ1n) is 9.00. The van der Waals surface area contributed by atoms with E-state index in [4.69, 9.17) is 23.2 Å². The molecule has 1 fully saturated rings. The number of urea groups is 1. The molecule has 1 aliphatic rings. The average molecular weight is 434 g/mol. The summed E-state index contributed by atoms with van der Waals surface area (Å²) in [6.07, 6.45) is 1.74. The number of aryl methyl sites for hydroxylation is 1. The van der Waals surface area contributed by atoms with Crippen LogP contribution in [-0.2, 0) is 16.9 Å². The number of halogens is 2. The molecule has 1 atom stereocenters. The van der Waals surface area contributed by atoms with Crippen LogP contribution in [0.5, 0.6) is 0 Å². The first kappa shape index (κ1) is 21.1. The van der Waals surface area contributed by atoms with Crippen LogP contribution in [0.3, 0.4) is 0 Å². The Morgan fingerprint density at radius 1 is 1.24 bits per heavy atom. The zero-order valence-electron chi connectivity index (χ0n) is 16.4. The molecule has 1 aromatic carbocycles. The van der Waals surface area contributed by atoms with E-state index < -0.39 is 17.5 Å². The second-order valence-corrected chi connectivity index (χ2v) is 8.02. The van der Waals surface area contributed by atoms with E-state index in [0.29, 0.717) is 22.7 Å². The molecule has 29 heavy (non-hydrogen) atoms. The first-order valence-corrected chi connectivity index (χ1v) is 9.76. The number of rotatable bonds is 6. The van der Waals surface area contributed by atoms with Crippen LogP contribution >= 0.6 is 23.2 Å². The minimum absolute atomic E-state index is 0.259. The molecule has 1 aromatic heterocycles. The van der Waals surface area contributed by atoms with Crippen LogP contribution in [0.25, 0.3) is 0 Å². The van der Waals surface area contributed by atoms with E-state index in [1.54, 1.807) is 31.2 Å². The molecule has 1 aliphatic heterocycles. The van der Waals surface area contributed by atoms with Gasteiger partial charge in [-0.1, -0.05) is 35.3 Å². The van der Waals surface area contributed by atoms with Crippen molar-refractivity contribution in [2.24, 2.45) is 0 Å². The molecule has 152 valence electrons. The van der Waals surface area contributed by atoms with Crippen molar-refractivity contribution in [3.8, 4) is 0 Å². The van der Waals surface area contributed by atoms with E-state index in [1.807, 2.05) is 18.4 Å². The number of amides is 3. The normalized spacial score (nSPS) is 18.9. The van der Waals surface area contributed by atoms with Gasteiger partial charge in [0.1, 0.15) is 5.54 Å². The number of carbonyl (C=O) groups excluding carboxylic acids is 3. The number of nitrogens with one attached hydrogen (secondary N) is 1. The third-order valence-corrected chi connectivity index (χ3v) is 5.78. The van der Waals surface area contributed by atoms with E-state index in [2.05, 4.69) is 11.9 Å². The first-order chi connectivity index (χ1) is 13.6. The highest BCUT2D eigenvalue weighted by atomic mass is 35.5. The molecule has 1 saturated heterocycles. The number of aromatic nitrogens is 1. The van der Waals surface area contributed by atoms with Gasteiger partial charge in [-0.15, -0.1) is 6.58 Å². The van der Waals surface area contributed by atoms with Crippen LogP contribution in [0.2, 0.25) is 10.0 Å². The summed E-state index contributed by atoms with van der Waals surface area (Å²) in [5, 5.41) is 3.33. The van der Waals surface area contributed by atoms with Gasteiger partial charge in [0, 0.05) is 39.1 Å². The largest absolute Gasteiger partial charge is 0.345 e. The van der Waals surface area contributed by atoms with E-state index in [9.17, 15) is 14.4 Å². The van der Waals surface area contributed by atoms with Gasteiger partial charge in [0.25, 0.3) is 5.91 Å². The number of Topliss-reactive ketones (excluding diaryl/α,β-unsaturated/α-hetero) is 1. The maximum atomic E-state index is 13.1. The van der Waals surface area contributed by atoms with E-state index in [1.165, 1.54) is 6.07 Å². The number of nitrogens with zero attached hydrogens (tertiary/aromatic N) is 2. The molecule has 1 unspecified atom stereocenters. The second-order valence-electron chi connectivity index (χ2n) is 7.18. The third-order valence-electron chi connectivity index (χ3n) is 5.23. The van der Waals surface area contributed by atoms with Gasteiger partial charge in [-0.2, -0.15) is 0 Å². The SMILES string of the molecule is C=CCn1c(C)cc(C(=O)CN2C(=O)NC(C)(c3ccc(Cl)cc3Cl)C2=O)c1C. The molecular weight excluding hydrogens is 413 g/mol.